The van der Waals surface area contributed by atoms with E-state index in [2.05, 4.69) is 15.2 Å². The average Bonchev–Trinajstić information content (AvgIpc) is 3.75. The molecule has 250 valence electrons. The molecular weight excluding hydrogens is 673 g/mol. The van der Waals surface area contributed by atoms with E-state index in [1.807, 2.05) is 11.0 Å². The first kappa shape index (κ1) is 31.5. The van der Waals surface area contributed by atoms with Crippen molar-refractivity contribution in [2.24, 2.45) is 0 Å². The maximum absolute atomic E-state index is 17.0. The summed E-state index contributed by atoms with van der Waals surface area (Å²) in [6.45, 7) is 1.67. The number of nitrogens with one attached hydrogen (secondary N) is 1. The van der Waals surface area contributed by atoms with Gasteiger partial charge >= 0.3 is 6.01 Å². The summed E-state index contributed by atoms with van der Waals surface area (Å²) in [6, 6.07) is 5.72. The number of anilines is 2. The summed E-state index contributed by atoms with van der Waals surface area (Å²) >= 11 is 7.69. The highest BCUT2D eigenvalue weighted by Gasteiger charge is 2.50. The maximum atomic E-state index is 17.0. The highest BCUT2D eigenvalue weighted by atomic mass is 35.5. The van der Waals surface area contributed by atoms with Gasteiger partial charge in [0.2, 0.25) is 0 Å². The summed E-state index contributed by atoms with van der Waals surface area (Å²) in [5.74, 6) is -1.22. The fourth-order valence-electron chi connectivity index (χ4n) is 8.31. The van der Waals surface area contributed by atoms with Gasteiger partial charge in [0.05, 0.1) is 26.4 Å². The number of aromatic nitrogens is 2. The lowest BCUT2D eigenvalue weighted by Gasteiger charge is -2.40. The van der Waals surface area contributed by atoms with Gasteiger partial charge in [-0.1, -0.05) is 17.7 Å². The Hall–Kier alpha value is -3.77. The lowest BCUT2D eigenvalue weighted by atomic mass is 9.95. The van der Waals surface area contributed by atoms with Gasteiger partial charge in [0.25, 0.3) is 6.08 Å². The van der Waals surface area contributed by atoms with Gasteiger partial charge in [0, 0.05) is 54.5 Å². The molecule has 48 heavy (non-hydrogen) atoms. The standard InChI is InChI=1S/C33H29ClF5N7OS/c34-21-8-19-27(26(39)25(21)18-2-3-22(36)28-24(18)20(11-40)29(41)48-28)42-31(47-15-33-5-1-7-46(33)12-16(35)9-33)43-30(19)45-13-17-4-6-32(14-45,44-17)10-23(37)38/h2-3,8,10,16-17,44H,1,4-7,9,12-15,41H2/t16-,17?,32?,33+/m1/s1. The van der Waals surface area contributed by atoms with Gasteiger partial charge in [-0.05, 0) is 49.9 Å². The summed E-state index contributed by atoms with van der Waals surface area (Å²) in [7, 11) is 0. The number of nitrogens with two attached hydrogens (primary N) is 1. The number of piperazine rings is 1. The van der Waals surface area contributed by atoms with Crippen LogP contribution in [0.25, 0.3) is 32.1 Å². The number of rotatable bonds is 6. The number of benzene rings is 2. The Kier molecular flexibility index (Phi) is 7.48. The van der Waals surface area contributed by atoms with E-state index in [0.29, 0.717) is 32.4 Å². The smallest absolute Gasteiger partial charge is 0.319 e. The SMILES string of the molecule is N#Cc1c(N)sc2c(F)ccc(-c3c(Cl)cc4c(N5CC6CCC(C=C(F)F)(C5)N6)nc(OC[C@@]56CCCN5C[C@H](F)C6)nc4c3F)c12. The van der Waals surface area contributed by atoms with Gasteiger partial charge < -0.3 is 20.7 Å². The number of halogens is 6. The van der Waals surface area contributed by atoms with Crippen LogP contribution in [-0.2, 0) is 0 Å². The van der Waals surface area contributed by atoms with E-state index >= 15 is 4.39 Å². The van der Waals surface area contributed by atoms with Crippen LogP contribution in [0.1, 0.15) is 37.7 Å². The zero-order valence-electron chi connectivity index (χ0n) is 25.4. The average molecular weight is 702 g/mol. The maximum Gasteiger partial charge on any atom is 0.319 e. The largest absolute Gasteiger partial charge is 0.461 e. The van der Waals surface area contributed by atoms with E-state index in [1.54, 1.807) is 0 Å². The molecule has 0 spiro atoms. The third-order valence-corrected chi connectivity index (χ3v) is 11.6. The van der Waals surface area contributed by atoms with E-state index in [0.717, 1.165) is 42.9 Å². The van der Waals surface area contributed by atoms with Crippen molar-refractivity contribution in [3.8, 4) is 23.2 Å². The number of nitrogen functional groups attached to an aromatic ring is 1. The van der Waals surface area contributed by atoms with Crippen molar-refractivity contribution < 1.29 is 26.7 Å². The first-order valence-electron chi connectivity index (χ1n) is 15.7. The fraction of sp³-hybridized carbons (Fsp3) is 0.424. The summed E-state index contributed by atoms with van der Waals surface area (Å²) in [6.07, 6.45) is 1.19. The van der Waals surface area contributed by atoms with Crippen molar-refractivity contribution >= 4 is 54.7 Å². The molecule has 3 N–H and O–H groups in total. The zero-order chi connectivity index (χ0) is 33.5. The van der Waals surface area contributed by atoms with Gasteiger partial charge in [-0.25, -0.2) is 13.2 Å². The van der Waals surface area contributed by atoms with Crippen LogP contribution in [0.5, 0.6) is 6.01 Å². The van der Waals surface area contributed by atoms with Crippen molar-refractivity contribution in [3.05, 3.63) is 52.6 Å². The molecule has 2 bridgehead atoms. The van der Waals surface area contributed by atoms with E-state index in [1.165, 1.54) is 12.1 Å². The van der Waals surface area contributed by atoms with E-state index in [-0.39, 0.29) is 78.7 Å². The molecule has 0 radical (unpaired) electrons. The molecule has 4 atom stereocenters. The molecule has 0 amide bonds. The molecule has 2 unspecified atom stereocenters. The van der Waals surface area contributed by atoms with Gasteiger partial charge in [0.15, 0.2) is 5.82 Å². The number of hydrogen-bond donors (Lipinski definition) is 2. The Bertz CT molecular complexity index is 2070. The zero-order valence-corrected chi connectivity index (χ0v) is 27.0. The number of hydrogen-bond acceptors (Lipinski definition) is 9. The quantitative estimate of drug-likeness (QED) is 0.209. The Morgan fingerprint density at radius 2 is 2.08 bits per heavy atom. The predicted octanol–water partition coefficient (Wildman–Crippen LogP) is 6.94. The third-order valence-electron chi connectivity index (χ3n) is 10.3. The highest BCUT2D eigenvalue weighted by molar-refractivity contribution is 7.23. The van der Waals surface area contributed by atoms with E-state index in [4.69, 9.17) is 27.1 Å². The first-order chi connectivity index (χ1) is 23.0. The Labute approximate surface area is 280 Å². The second kappa shape index (κ2) is 11.4. The molecule has 8 nitrogen and oxygen atoms in total. The summed E-state index contributed by atoms with van der Waals surface area (Å²) in [5.41, 5.74) is 4.39. The van der Waals surface area contributed by atoms with Gasteiger partial charge in [-0.15, -0.1) is 11.3 Å². The van der Waals surface area contributed by atoms with Crippen molar-refractivity contribution in [2.75, 3.05) is 43.4 Å². The number of alkyl halides is 1. The molecule has 0 saturated carbocycles. The van der Waals surface area contributed by atoms with Crippen LogP contribution in [-0.4, -0.2) is 70.9 Å². The van der Waals surface area contributed by atoms with Crippen LogP contribution in [0, 0.1) is 23.0 Å². The first-order valence-corrected chi connectivity index (χ1v) is 16.9. The lowest BCUT2D eigenvalue weighted by molar-refractivity contribution is 0.107. The Balaban J connectivity index is 1.30. The van der Waals surface area contributed by atoms with Crippen molar-refractivity contribution in [2.45, 2.75) is 55.4 Å². The number of fused-ring (bicyclic) bond motifs is 5. The number of nitriles is 1. The van der Waals surface area contributed by atoms with Crippen LogP contribution >= 0.6 is 22.9 Å². The minimum atomic E-state index is -1.81. The molecule has 4 saturated heterocycles. The fourth-order valence-corrected chi connectivity index (χ4v) is 9.56. The van der Waals surface area contributed by atoms with Gasteiger partial charge in [-0.2, -0.15) is 24.0 Å². The molecule has 2 aromatic heterocycles. The lowest BCUT2D eigenvalue weighted by Crippen LogP contribution is -2.59. The summed E-state index contributed by atoms with van der Waals surface area (Å²) in [4.78, 5) is 13.1. The second-order valence-corrected chi connectivity index (χ2v) is 14.7. The van der Waals surface area contributed by atoms with Crippen molar-refractivity contribution in [1.29, 1.82) is 5.26 Å². The third kappa shape index (κ3) is 4.97. The molecule has 4 fully saturated rings. The minimum absolute atomic E-state index is 0.00491. The van der Waals surface area contributed by atoms with Crippen LogP contribution < -0.4 is 20.7 Å². The topological polar surface area (TPSA) is 103 Å². The second-order valence-electron chi connectivity index (χ2n) is 13.2. The summed E-state index contributed by atoms with van der Waals surface area (Å²) < 4.78 is 79.9. The molecular formula is C33H29ClF5N7OS. The number of thiophene rings is 1. The summed E-state index contributed by atoms with van der Waals surface area (Å²) in [5, 5.41) is 13.5. The number of ether oxygens (including phenoxy) is 1. The normalized spacial score (nSPS) is 26.7. The van der Waals surface area contributed by atoms with Crippen LogP contribution in [0.4, 0.5) is 32.8 Å². The molecule has 8 rings (SSSR count). The van der Waals surface area contributed by atoms with Crippen LogP contribution in [0.15, 0.2) is 30.4 Å². The van der Waals surface area contributed by atoms with Gasteiger partial charge in [0.1, 0.15) is 41.0 Å². The molecule has 6 heterocycles. The monoisotopic (exact) mass is 701 g/mol. The molecule has 4 aliphatic heterocycles. The van der Waals surface area contributed by atoms with E-state index < -0.39 is 35.0 Å². The van der Waals surface area contributed by atoms with Crippen molar-refractivity contribution in [1.82, 2.24) is 20.2 Å². The van der Waals surface area contributed by atoms with E-state index in [9.17, 15) is 22.8 Å². The molecule has 15 heteroatoms. The number of nitrogens with zero attached hydrogens (tertiary/aromatic N) is 5. The Morgan fingerprint density at radius 3 is 2.88 bits per heavy atom. The Morgan fingerprint density at radius 1 is 1.25 bits per heavy atom. The van der Waals surface area contributed by atoms with Gasteiger partial charge in [-0.3, -0.25) is 4.90 Å². The minimum Gasteiger partial charge on any atom is -0.461 e. The molecule has 4 aliphatic rings. The van der Waals surface area contributed by atoms with Crippen molar-refractivity contribution in [3.63, 3.8) is 0 Å². The molecule has 4 aromatic rings. The molecule has 2 aromatic carbocycles. The van der Waals surface area contributed by atoms with Crippen LogP contribution in [0.2, 0.25) is 5.02 Å². The van der Waals surface area contributed by atoms with Crippen LogP contribution in [0.3, 0.4) is 0 Å². The predicted molar refractivity (Wildman–Crippen MR) is 174 cm³/mol. The molecule has 0 aliphatic carbocycles. The highest BCUT2D eigenvalue weighted by Crippen LogP contribution is 2.47.